The number of nitrogens with one attached hydrogen (secondary N) is 2. The smallest absolute Gasteiger partial charge is 0.336 e. The number of aromatic amines is 1. The lowest BCUT2D eigenvalue weighted by Gasteiger charge is -2.12. The zero-order valence-electron chi connectivity index (χ0n) is 10.6. The van der Waals surface area contributed by atoms with Gasteiger partial charge in [-0.2, -0.15) is 4.98 Å². The number of aromatic nitrogens is 3. The monoisotopic (exact) mass is 240 g/mol. The summed E-state index contributed by atoms with van der Waals surface area (Å²) in [5.74, 6) is 0.354. The van der Waals surface area contributed by atoms with E-state index in [4.69, 9.17) is 4.74 Å². The van der Waals surface area contributed by atoms with E-state index in [0.29, 0.717) is 5.95 Å². The number of carbonyl (C=O) groups is 1. The van der Waals surface area contributed by atoms with Crippen molar-refractivity contribution in [1.29, 1.82) is 0 Å². The van der Waals surface area contributed by atoms with E-state index in [0.717, 1.165) is 25.7 Å². The molecular weight excluding hydrogens is 220 g/mol. The van der Waals surface area contributed by atoms with Gasteiger partial charge < -0.3 is 4.74 Å². The van der Waals surface area contributed by atoms with E-state index in [2.05, 4.69) is 27.4 Å². The highest BCUT2D eigenvalue weighted by molar-refractivity contribution is 5.90. The summed E-state index contributed by atoms with van der Waals surface area (Å²) in [5, 5.41) is 9.08. The van der Waals surface area contributed by atoms with E-state index in [1.54, 1.807) is 0 Å². The first kappa shape index (κ1) is 13.5. The fraction of sp³-hybridized carbons (Fsp3) is 0.727. The molecule has 6 nitrogen and oxygen atoms in total. The summed E-state index contributed by atoms with van der Waals surface area (Å²) < 4.78 is 4.82. The summed E-state index contributed by atoms with van der Waals surface area (Å²) in [4.78, 5) is 15.9. The second-order valence-electron chi connectivity index (χ2n) is 3.91. The van der Waals surface area contributed by atoms with Crippen molar-refractivity contribution < 1.29 is 9.53 Å². The molecule has 0 aromatic carbocycles. The van der Waals surface area contributed by atoms with Crippen molar-refractivity contribution in [3.63, 3.8) is 0 Å². The van der Waals surface area contributed by atoms with E-state index in [1.807, 2.05) is 6.92 Å². The molecule has 1 aromatic rings. The maximum atomic E-state index is 11.9. The first-order valence-electron chi connectivity index (χ1n) is 5.98. The number of H-pyrrole nitrogens is 1. The van der Waals surface area contributed by atoms with Gasteiger partial charge in [0.25, 0.3) is 0 Å². The average molecular weight is 240 g/mol. The lowest BCUT2D eigenvalue weighted by Crippen LogP contribution is -2.22. The molecule has 1 amide bonds. The van der Waals surface area contributed by atoms with Crippen LogP contribution in [0.25, 0.3) is 0 Å². The second kappa shape index (κ2) is 6.88. The van der Waals surface area contributed by atoms with Crippen LogP contribution in [-0.2, 0) is 4.79 Å². The van der Waals surface area contributed by atoms with Crippen LogP contribution in [0.15, 0.2) is 0 Å². The molecule has 0 bridgehead atoms. The number of unbranched alkanes of at least 4 members (excludes halogenated alkanes) is 1. The van der Waals surface area contributed by atoms with Crippen molar-refractivity contribution in [2.24, 2.45) is 5.92 Å². The molecular formula is C11H20N4O2. The molecule has 2 N–H and O–H groups in total. The minimum atomic E-state index is -0.0141. The number of nitrogens with zero attached hydrogens (tertiary/aromatic N) is 2. The lowest BCUT2D eigenvalue weighted by molar-refractivity contribution is -0.120. The third-order valence-electron chi connectivity index (χ3n) is 2.66. The van der Waals surface area contributed by atoms with Gasteiger partial charge in [0, 0.05) is 5.92 Å². The van der Waals surface area contributed by atoms with Crippen molar-refractivity contribution in [1.82, 2.24) is 15.2 Å². The first-order chi connectivity index (χ1) is 8.21. The molecule has 1 rings (SSSR count). The Labute approximate surface area is 101 Å². The van der Waals surface area contributed by atoms with E-state index >= 15 is 0 Å². The summed E-state index contributed by atoms with van der Waals surface area (Å²) in [7, 11) is 1.48. The molecule has 17 heavy (non-hydrogen) atoms. The number of methoxy groups -OCH3 is 1. The normalized spacial score (nSPS) is 12.2. The van der Waals surface area contributed by atoms with E-state index < -0.39 is 0 Å². The van der Waals surface area contributed by atoms with Crippen molar-refractivity contribution >= 4 is 11.9 Å². The summed E-state index contributed by atoms with van der Waals surface area (Å²) in [6.45, 7) is 4.13. The molecule has 1 heterocycles. The van der Waals surface area contributed by atoms with E-state index in [1.165, 1.54) is 7.11 Å². The quantitative estimate of drug-likeness (QED) is 0.763. The number of rotatable bonds is 7. The highest BCUT2D eigenvalue weighted by atomic mass is 16.5. The summed E-state index contributed by atoms with van der Waals surface area (Å²) in [6.07, 6.45) is 3.90. The van der Waals surface area contributed by atoms with Crippen LogP contribution in [0.1, 0.15) is 39.5 Å². The Hall–Kier alpha value is -1.59. The second-order valence-corrected chi connectivity index (χ2v) is 3.91. The average Bonchev–Trinajstić information content (AvgIpc) is 2.77. The van der Waals surface area contributed by atoms with Crippen LogP contribution >= 0.6 is 0 Å². The van der Waals surface area contributed by atoms with E-state index in [9.17, 15) is 4.79 Å². The van der Waals surface area contributed by atoms with Crippen LogP contribution in [0.2, 0.25) is 0 Å². The van der Waals surface area contributed by atoms with Gasteiger partial charge in [-0.3, -0.25) is 10.1 Å². The molecule has 0 fully saturated rings. The largest absolute Gasteiger partial charge is 0.466 e. The Kier molecular flexibility index (Phi) is 5.45. The lowest BCUT2D eigenvalue weighted by atomic mass is 9.99. The maximum absolute atomic E-state index is 11.9. The summed E-state index contributed by atoms with van der Waals surface area (Å²) in [6, 6.07) is 0.224. The minimum absolute atomic E-state index is 0.0141. The van der Waals surface area contributed by atoms with Crippen molar-refractivity contribution in [2.45, 2.75) is 39.5 Å². The Balaban J connectivity index is 2.51. The van der Waals surface area contributed by atoms with Gasteiger partial charge in [-0.15, -0.1) is 5.10 Å². The molecule has 0 aliphatic heterocycles. The fourth-order valence-electron chi connectivity index (χ4n) is 1.58. The third kappa shape index (κ3) is 4.05. The van der Waals surface area contributed by atoms with Crippen molar-refractivity contribution in [3.05, 3.63) is 0 Å². The predicted octanol–water partition coefficient (Wildman–Crippen LogP) is 1.97. The number of hydrogen-bond donors (Lipinski definition) is 2. The Morgan fingerprint density at radius 2 is 2.29 bits per heavy atom. The molecule has 6 heteroatoms. The SMILES string of the molecule is CCCCC(CC)C(=O)Nc1nc(OC)n[nH]1. The molecule has 1 atom stereocenters. The minimum Gasteiger partial charge on any atom is -0.466 e. The van der Waals surface area contributed by atoms with Gasteiger partial charge in [-0.25, -0.2) is 5.10 Å². The van der Waals surface area contributed by atoms with Gasteiger partial charge in [-0.1, -0.05) is 26.7 Å². The summed E-state index contributed by atoms with van der Waals surface area (Å²) in [5.41, 5.74) is 0. The Morgan fingerprint density at radius 1 is 1.53 bits per heavy atom. The van der Waals surface area contributed by atoms with Crippen LogP contribution < -0.4 is 10.1 Å². The van der Waals surface area contributed by atoms with E-state index in [-0.39, 0.29) is 17.8 Å². The topological polar surface area (TPSA) is 79.9 Å². The number of ether oxygens (including phenoxy) is 1. The molecule has 0 radical (unpaired) electrons. The number of amides is 1. The standard InChI is InChI=1S/C11H20N4O2/c1-4-6-7-8(5-2)9(16)12-10-13-11(17-3)15-14-10/h8H,4-7H2,1-3H3,(H2,12,13,14,15,16). The molecule has 0 aliphatic carbocycles. The van der Waals surface area contributed by atoms with Crippen LogP contribution in [0.5, 0.6) is 6.01 Å². The van der Waals surface area contributed by atoms with Crippen LogP contribution in [-0.4, -0.2) is 28.2 Å². The van der Waals surface area contributed by atoms with Crippen molar-refractivity contribution in [3.8, 4) is 6.01 Å². The number of carbonyl (C=O) groups excluding carboxylic acids is 1. The van der Waals surface area contributed by atoms with Gasteiger partial charge in [0.15, 0.2) is 0 Å². The molecule has 96 valence electrons. The highest BCUT2D eigenvalue weighted by Crippen LogP contribution is 2.15. The predicted molar refractivity (Wildman–Crippen MR) is 64.9 cm³/mol. The molecule has 1 aromatic heterocycles. The van der Waals surface area contributed by atoms with Crippen LogP contribution in [0, 0.1) is 5.92 Å². The van der Waals surface area contributed by atoms with Crippen LogP contribution in [0.4, 0.5) is 5.95 Å². The third-order valence-corrected chi connectivity index (χ3v) is 2.66. The molecule has 0 saturated carbocycles. The van der Waals surface area contributed by atoms with Gasteiger partial charge in [0.05, 0.1) is 7.11 Å². The molecule has 0 spiro atoms. The van der Waals surface area contributed by atoms with Gasteiger partial charge >= 0.3 is 6.01 Å². The summed E-state index contributed by atoms with van der Waals surface area (Å²) >= 11 is 0. The Morgan fingerprint density at radius 3 is 2.82 bits per heavy atom. The first-order valence-corrected chi connectivity index (χ1v) is 5.98. The molecule has 0 saturated heterocycles. The fourth-order valence-corrected chi connectivity index (χ4v) is 1.58. The van der Waals surface area contributed by atoms with Crippen LogP contribution in [0.3, 0.4) is 0 Å². The maximum Gasteiger partial charge on any atom is 0.336 e. The van der Waals surface area contributed by atoms with Gasteiger partial charge in [0.1, 0.15) is 0 Å². The molecule has 1 unspecified atom stereocenters. The number of hydrogen-bond acceptors (Lipinski definition) is 4. The molecule has 0 aliphatic rings. The highest BCUT2D eigenvalue weighted by Gasteiger charge is 2.17. The zero-order chi connectivity index (χ0) is 12.7. The van der Waals surface area contributed by atoms with Gasteiger partial charge in [0.2, 0.25) is 11.9 Å². The zero-order valence-corrected chi connectivity index (χ0v) is 10.6. The number of anilines is 1. The Bertz CT molecular complexity index is 351. The van der Waals surface area contributed by atoms with Crippen molar-refractivity contribution in [2.75, 3.05) is 12.4 Å². The van der Waals surface area contributed by atoms with Gasteiger partial charge in [-0.05, 0) is 12.8 Å².